The van der Waals surface area contributed by atoms with E-state index in [0.29, 0.717) is 27.5 Å². The molecule has 1 unspecified atom stereocenters. The number of nitrogens with zero attached hydrogens (tertiary/aromatic N) is 4. The molecule has 326 valence electrons. The predicted octanol–water partition coefficient (Wildman–Crippen LogP) is 8.03. The minimum Gasteiger partial charge on any atom is -0.453 e. The zero-order valence-electron chi connectivity index (χ0n) is 36.1. The molecule has 63 heavy (non-hydrogen) atoms. The molecule has 0 spiro atoms. The smallest absolute Gasteiger partial charge is 0.407 e. The number of aromatic amines is 2. The summed E-state index contributed by atoms with van der Waals surface area (Å²) in [6.45, 7) is 7.04. The highest BCUT2D eigenvalue weighted by Gasteiger charge is 2.39. The topological polar surface area (TPSA) is 175 Å². The Bertz CT molecular complexity index is 2620. The zero-order chi connectivity index (χ0) is 44.2. The number of hydrogen-bond donors (Lipinski definition) is 4. The summed E-state index contributed by atoms with van der Waals surface area (Å²) in [6.07, 6.45) is 5.55. The van der Waals surface area contributed by atoms with Crippen LogP contribution in [0, 0.1) is 5.92 Å². The molecule has 4 aromatic carbocycles. The number of methoxy groups -OCH3 is 2. The number of benzene rings is 4. The summed E-state index contributed by atoms with van der Waals surface area (Å²) in [5, 5.41) is 8.76. The van der Waals surface area contributed by atoms with Gasteiger partial charge in [0.1, 0.15) is 23.7 Å². The number of amides is 4. The van der Waals surface area contributed by atoms with Crippen LogP contribution in [0.15, 0.2) is 97.3 Å². The number of alkyl carbamates (subject to hydrolysis) is 2. The Hall–Kier alpha value is -6.53. The van der Waals surface area contributed by atoms with Crippen LogP contribution in [0.4, 0.5) is 9.59 Å². The van der Waals surface area contributed by atoms with Gasteiger partial charge >= 0.3 is 12.2 Å². The molecule has 6 aromatic rings. The van der Waals surface area contributed by atoms with E-state index >= 15 is 0 Å². The number of hydrogen-bond acceptors (Lipinski definition) is 8. The van der Waals surface area contributed by atoms with Crippen LogP contribution in [-0.2, 0) is 19.1 Å². The maximum atomic E-state index is 14.1. The van der Waals surface area contributed by atoms with Crippen molar-refractivity contribution < 1.29 is 28.7 Å². The van der Waals surface area contributed by atoms with Crippen LogP contribution in [0.1, 0.15) is 74.9 Å². The number of imidazole rings is 2. The lowest BCUT2D eigenvalue weighted by Crippen LogP contribution is -2.51. The second-order valence-electron chi connectivity index (χ2n) is 16.4. The van der Waals surface area contributed by atoms with E-state index in [9.17, 15) is 19.2 Å². The van der Waals surface area contributed by atoms with E-state index in [1.165, 1.54) is 14.2 Å². The third-order valence-electron chi connectivity index (χ3n) is 12.2. The van der Waals surface area contributed by atoms with Crippen molar-refractivity contribution in [2.75, 3.05) is 34.0 Å². The van der Waals surface area contributed by atoms with Crippen LogP contribution in [0.3, 0.4) is 0 Å². The number of carbonyl (C=O) groups excluding carboxylic acids is 4. The van der Waals surface area contributed by atoms with Gasteiger partial charge in [-0.15, -0.1) is 0 Å². The van der Waals surface area contributed by atoms with Crippen LogP contribution < -0.4 is 15.9 Å². The van der Waals surface area contributed by atoms with Crippen molar-refractivity contribution in [3.63, 3.8) is 0 Å². The normalized spacial score (nSPS) is 17.4. The zero-order valence-corrected chi connectivity index (χ0v) is 37.1. The SMILES string of the molecule is COC(=O)N[C@H](C(=O)N1CCC[C@H]1c1ncc(-c2ccc3cc(-c4ccc(-c5cnc([C@@H]6CCCN6C(=O)[C@H](NC(=O)OC)c6cccc(PC)c6)[nH]5)cc4)ccc3c2)[nH]1)C(C)C. The summed E-state index contributed by atoms with van der Waals surface area (Å²) in [6, 6.07) is 26.8. The second-order valence-corrected chi connectivity index (χ2v) is 17.5. The van der Waals surface area contributed by atoms with Gasteiger partial charge in [0, 0.05) is 18.7 Å². The molecule has 5 atom stereocenters. The van der Waals surface area contributed by atoms with Gasteiger partial charge in [-0.05, 0) is 94.8 Å². The molecule has 4 heterocycles. The third-order valence-corrected chi connectivity index (χ3v) is 13.1. The van der Waals surface area contributed by atoms with Crippen LogP contribution in [-0.4, -0.2) is 93.8 Å². The number of carbonyl (C=O) groups is 4. The van der Waals surface area contributed by atoms with Gasteiger partial charge < -0.3 is 39.9 Å². The van der Waals surface area contributed by atoms with Gasteiger partial charge in [-0.3, -0.25) is 9.59 Å². The highest BCUT2D eigenvalue weighted by atomic mass is 31.1. The van der Waals surface area contributed by atoms with Crippen molar-refractivity contribution in [2.24, 2.45) is 5.92 Å². The molecule has 2 saturated heterocycles. The summed E-state index contributed by atoms with van der Waals surface area (Å²) in [4.78, 5) is 72.2. The predicted molar refractivity (Wildman–Crippen MR) is 245 cm³/mol. The van der Waals surface area contributed by atoms with Crippen molar-refractivity contribution in [2.45, 2.75) is 63.7 Å². The largest absolute Gasteiger partial charge is 0.453 e. The van der Waals surface area contributed by atoms with E-state index in [1.54, 1.807) is 0 Å². The molecule has 14 nitrogen and oxygen atoms in total. The van der Waals surface area contributed by atoms with Crippen LogP contribution in [0.25, 0.3) is 44.4 Å². The Morgan fingerprint density at radius 3 is 1.83 bits per heavy atom. The average Bonchev–Trinajstić information content (AvgIpc) is 4.16. The van der Waals surface area contributed by atoms with Crippen LogP contribution in [0.2, 0.25) is 0 Å². The first kappa shape index (κ1) is 43.1. The number of fused-ring (bicyclic) bond motifs is 1. The van der Waals surface area contributed by atoms with Crippen LogP contribution >= 0.6 is 8.58 Å². The molecule has 0 bridgehead atoms. The highest BCUT2D eigenvalue weighted by molar-refractivity contribution is 7.46. The first-order valence-corrected chi connectivity index (χ1v) is 22.9. The summed E-state index contributed by atoms with van der Waals surface area (Å²) >= 11 is 0. The molecule has 0 aliphatic carbocycles. The van der Waals surface area contributed by atoms with Gasteiger partial charge in [-0.1, -0.05) is 89.2 Å². The van der Waals surface area contributed by atoms with Crippen molar-refractivity contribution in [1.29, 1.82) is 0 Å². The highest BCUT2D eigenvalue weighted by Crippen LogP contribution is 2.36. The monoisotopic (exact) mass is 868 g/mol. The van der Waals surface area contributed by atoms with E-state index < -0.39 is 24.3 Å². The maximum absolute atomic E-state index is 14.1. The number of nitrogens with one attached hydrogen (secondary N) is 4. The fourth-order valence-corrected chi connectivity index (χ4v) is 9.33. The van der Waals surface area contributed by atoms with E-state index in [0.717, 1.165) is 86.8 Å². The number of aromatic nitrogens is 4. The summed E-state index contributed by atoms with van der Waals surface area (Å²) in [7, 11) is 3.14. The number of ether oxygens (including phenoxy) is 2. The molecule has 8 rings (SSSR count). The Kier molecular flexibility index (Phi) is 12.9. The molecular weight excluding hydrogens is 816 g/mol. The Morgan fingerprint density at radius 2 is 1.22 bits per heavy atom. The van der Waals surface area contributed by atoms with Gasteiger partial charge in [-0.25, -0.2) is 19.6 Å². The first-order chi connectivity index (χ1) is 30.5. The van der Waals surface area contributed by atoms with Crippen LogP contribution in [0.5, 0.6) is 0 Å². The van der Waals surface area contributed by atoms with E-state index in [-0.39, 0.29) is 29.8 Å². The molecule has 15 heteroatoms. The number of H-pyrrole nitrogens is 2. The minimum absolute atomic E-state index is 0.108. The molecule has 2 fully saturated rings. The number of likely N-dealkylation sites (tertiary alicyclic amines) is 2. The van der Waals surface area contributed by atoms with Crippen molar-refractivity contribution >= 4 is 48.7 Å². The third kappa shape index (κ3) is 9.18. The summed E-state index contributed by atoms with van der Waals surface area (Å²) < 4.78 is 9.67. The van der Waals surface area contributed by atoms with Gasteiger partial charge in [0.05, 0.1) is 50.1 Å². The maximum Gasteiger partial charge on any atom is 0.407 e. The molecule has 0 radical (unpaired) electrons. The molecule has 2 aromatic heterocycles. The summed E-state index contributed by atoms with van der Waals surface area (Å²) in [5.74, 6) is 0.992. The fourth-order valence-electron chi connectivity index (χ4n) is 8.75. The van der Waals surface area contributed by atoms with E-state index in [4.69, 9.17) is 19.4 Å². The standard InChI is InChI=1S/C48H53N8O6P/c1-28(2)41(53-47(59)61-3)45(57)55-21-7-11-39(55)44-50-27-38(52-44)34-20-19-32-23-31(17-18-33(32)24-34)29-13-15-30(16-14-29)37-26-49-43(51-37)40-12-8-22-56(40)46(58)42(54-48(60)62-4)35-9-6-10-36(25-35)63-5/h6,9-10,13-20,23-28,39-42,63H,7-8,11-12,21-22H2,1-5H3,(H,49,51)(H,50,52)(H,53,59)(H,54,60)/t39-,40-,41-,42+/m0/s1. The second kappa shape index (κ2) is 18.8. The Labute approximate surface area is 368 Å². The Morgan fingerprint density at radius 1 is 0.683 bits per heavy atom. The Balaban J connectivity index is 0.944. The van der Waals surface area contributed by atoms with Crippen molar-refractivity contribution in [3.05, 3.63) is 115 Å². The molecule has 0 saturated carbocycles. The number of rotatable bonds is 12. The quantitative estimate of drug-likeness (QED) is 0.0895. The van der Waals surface area contributed by atoms with Gasteiger partial charge in [-0.2, -0.15) is 0 Å². The van der Waals surface area contributed by atoms with E-state index in [1.807, 2.05) is 60.3 Å². The first-order valence-electron chi connectivity index (χ1n) is 21.4. The van der Waals surface area contributed by atoms with Gasteiger partial charge in [0.25, 0.3) is 5.91 Å². The fraction of sp³-hybridized carbons (Fsp3) is 0.333. The lowest BCUT2D eigenvalue weighted by molar-refractivity contribution is -0.135. The van der Waals surface area contributed by atoms with Gasteiger partial charge in [0.15, 0.2) is 0 Å². The molecular formula is C48H53N8O6P. The van der Waals surface area contributed by atoms with E-state index in [2.05, 4.69) is 87.9 Å². The molecule has 4 N–H and O–H groups in total. The average molecular weight is 869 g/mol. The molecule has 4 amide bonds. The van der Waals surface area contributed by atoms with Crippen molar-refractivity contribution in [3.8, 4) is 33.6 Å². The minimum atomic E-state index is -0.880. The lowest BCUT2D eigenvalue weighted by atomic mass is 9.98. The lowest BCUT2D eigenvalue weighted by Gasteiger charge is -2.30. The van der Waals surface area contributed by atoms with Crippen molar-refractivity contribution in [1.82, 2.24) is 40.4 Å². The molecule has 2 aliphatic heterocycles. The molecule has 2 aliphatic rings. The summed E-state index contributed by atoms with van der Waals surface area (Å²) in [5.41, 5.74) is 6.57. The van der Waals surface area contributed by atoms with Gasteiger partial charge in [0.2, 0.25) is 5.91 Å².